The van der Waals surface area contributed by atoms with E-state index in [0.29, 0.717) is 12.2 Å². The quantitative estimate of drug-likeness (QED) is 0.679. The molecular weight excluding hydrogens is 338 g/mol. The molecule has 0 fully saturated rings. The number of aromatic nitrogens is 1. The lowest BCUT2D eigenvalue weighted by molar-refractivity contribution is -0.119. The maximum Gasteiger partial charge on any atom is 0.160 e. The minimum absolute atomic E-state index is 0.139. The van der Waals surface area contributed by atoms with E-state index in [1.807, 2.05) is 5.51 Å². The number of thiazole rings is 1. The smallest absolute Gasteiger partial charge is 0.160 e. The fourth-order valence-electron chi connectivity index (χ4n) is 5.27. The molecule has 2 aliphatic carbocycles. The molecule has 0 aliphatic heterocycles. The summed E-state index contributed by atoms with van der Waals surface area (Å²) >= 11 is 1.72. The molecule has 2 aliphatic rings. The Labute approximate surface area is 160 Å². The van der Waals surface area contributed by atoms with E-state index in [9.17, 15) is 4.79 Å². The molecule has 0 spiro atoms. The van der Waals surface area contributed by atoms with Gasteiger partial charge in [-0.05, 0) is 36.7 Å². The molecule has 1 aromatic heterocycles. The fourth-order valence-corrected chi connectivity index (χ4v) is 6.38. The van der Waals surface area contributed by atoms with Crippen molar-refractivity contribution in [1.82, 2.24) is 4.98 Å². The third-order valence-electron chi connectivity index (χ3n) is 6.89. The van der Waals surface area contributed by atoms with Crippen molar-refractivity contribution in [3.63, 3.8) is 0 Å². The number of fused-ring (bicyclic) bond motifs is 1. The molecular formula is C23H27NOS. The highest BCUT2D eigenvalue weighted by Gasteiger charge is 2.50. The average molecular weight is 366 g/mol. The number of hydrogen-bond acceptors (Lipinski definition) is 3. The summed E-state index contributed by atoms with van der Waals surface area (Å²) in [6.45, 7) is 6.70. The van der Waals surface area contributed by atoms with E-state index in [-0.39, 0.29) is 10.8 Å². The number of nitrogens with zero attached hydrogens (tertiary/aromatic N) is 1. The highest BCUT2D eigenvalue weighted by Crippen LogP contribution is 2.56. The number of hydrogen-bond donors (Lipinski definition) is 0. The van der Waals surface area contributed by atoms with Crippen LogP contribution in [0.3, 0.4) is 0 Å². The zero-order chi connectivity index (χ0) is 18.4. The predicted octanol–water partition coefficient (Wildman–Crippen LogP) is 5.86. The molecule has 0 radical (unpaired) electrons. The van der Waals surface area contributed by atoms with Crippen LogP contribution in [-0.4, -0.2) is 10.8 Å². The van der Waals surface area contributed by atoms with Crippen LogP contribution in [0.15, 0.2) is 47.0 Å². The van der Waals surface area contributed by atoms with Crippen LogP contribution in [0.4, 0.5) is 0 Å². The first kappa shape index (κ1) is 17.7. The summed E-state index contributed by atoms with van der Waals surface area (Å²) in [6.07, 6.45) is 5.65. The number of rotatable bonds is 4. The molecule has 2 nitrogen and oxygen atoms in total. The van der Waals surface area contributed by atoms with E-state index in [4.69, 9.17) is 4.98 Å². The minimum atomic E-state index is -0.309. The number of carbonyl (C=O) groups is 1. The Morgan fingerprint density at radius 1 is 1.04 bits per heavy atom. The topological polar surface area (TPSA) is 30.0 Å². The maximum absolute atomic E-state index is 13.6. The second kappa shape index (κ2) is 6.45. The van der Waals surface area contributed by atoms with Crippen LogP contribution in [0.1, 0.15) is 69.0 Å². The first-order chi connectivity index (χ1) is 12.6. The van der Waals surface area contributed by atoms with Gasteiger partial charge < -0.3 is 0 Å². The number of carbonyl (C=O) groups excluding carboxylic acids is 1. The van der Waals surface area contributed by atoms with E-state index in [0.717, 1.165) is 37.7 Å². The average Bonchev–Trinajstić information content (AvgIpc) is 3.15. The standard InChI is InChI=1S/C23H27NOS/c1-4-22(5-2)13-16-12-18-21(26-15-24-18)23(6-3,20(16)19(25)14-22)17-10-8-7-9-11-17/h7-11,15H,4-6,12-14H2,1-3H3. The van der Waals surface area contributed by atoms with Crippen molar-refractivity contribution in [3.05, 3.63) is 63.1 Å². The van der Waals surface area contributed by atoms with Crippen molar-refractivity contribution < 1.29 is 4.79 Å². The van der Waals surface area contributed by atoms with Gasteiger partial charge in [-0.3, -0.25) is 4.79 Å². The lowest BCUT2D eigenvalue weighted by atomic mass is 9.57. The largest absolute Gasteiger partial charge is 0.294 e. The van der Waals surface area contributed by atoms with Crippen LogP contribution in [0, 0.1) is 5.41 Å². The van der Waals surface area contributed by atoms with Crippen molar-refractivity contribution in [2.75, 3.05) is 0 Å². The third-order valence-corrected chi connectivity index (χ3v) is 7.92. The third kappa shape index (κ3) is 2.36. The molecule has 0 saturated heterocycles. The molecule has 1 atom stereocenters. The van der Waals surface area contributed by atoms with Crippen molar-refractivity contribution in [1.29, 1.82) is 0 Å². The number of ketones is 1. The maximum atomic E-state index is 13.6. The Balaban J connectivity index is 1.98. The van der Waals surface area contributed by atoms with Crippen LogP contribution in [0.25, 0.3) is 0 Å². The van der Waals surface area contributed by atoms with Gasteiger partial charge in [-0.2, -0.15) is 0 Å². The number of Topliss-reactive ketones (excluding diaryl/α,β-unsaturated/α-hetero) is 1. The summed E-state index contributed by atoms with van der Waals surface area (Å²) in [5, 5.41) is 0. The van der Waals surface area contributed by atoms with Gasteiger partial charge in [-0.1, -0.05) is 56.7 Å². The van der Waals surface area contributed by atoms with Gasteiger partial charge in [0.15, 0.2) is 5.78 Å². The molecule has 1 unspecified atom stereocenters. The second-order valence-corrected chi connectivity index (χ2v) is 8.75. The summed E-state index contributed by atoms with van der Waals surface area (Å²) in [6, 6.07) is 10.6. The van der Waals surface area contributed by atoms with Crippen molar-refractivity contribution >= 4 is 17.1 Å². The monoisotopic (exact) mass is 365 g/mol. The molecule has 1 heterocycles. The molecule has 4 rings (SSSR count). The molecule has 26 heavy (non-hydrogen) atoms. The first-order valence-corrected chi connectivity index (χ1v) is 10.7. The highest BCUT2D eigenvalue weighted by molar-refractivity contribution is 7.10. The lowest BCUT2D eigenvalue weighted by Gasteiger charge is -2.46. The Hall–Kier alpha value is -1.74. The van der Waals surface area contributed by atoms with E-state index < -0.39 is 0 Å². The normalized spacial score (nSPS) is 24.3. The van der Waals surface area contributed by atoms with Crippen molar-refractivity contribution in [2.24, 2.45) is 5.41 Å². The Bertz CT molecular complexity index is 859. The molecule has 3 heteroatoms. The van der Waals surface area contributed by atoms with E-state index in [1.54, 1.807) is 11.3 Å². The van der Waals surface area contributed by atoms with Crippen LogP contribution in [-0.2, 0) is 16.6 Å². The Kier molecular flexibility index (Phi) is 4.38. The fraction of sp³-hybridized carbons (Fsp3) is 0.478. The highest BCUT2D eigenvalue weighted by atomic mass is 32.1. The molecule has 0 N–H and O–H groups in total. The van der Waals surface area contributed by atoms with Gasteiger partial charge >= 0.3 is 0 Å². The summed E-state index contributed by atoms with van der Waals surface area (Å²) in [5.74, 6) is 0.375. The van der Waals surface area contributed by atoms with Gasteiger partial charge in [0, 0.05) is 23.3 Å². The predicted molar refractivity (Wildman–Crippen MR) is 108 cm³/mol. The lowest BCUT2D eigenvalue weighted by Crippen LogP contribution is -2.43. The first-order valence-electron chi connectivity index (χ1n) is 9.84. The van der Waals surface area contributed by atoms with Crippen LogP contribution >= 0.6 is 11.3 Å². The Morgan fingerprint density at radius 3 is 2.42 bits per heavy atom. The molecule has 2 aromatic rings. The summed E-state index contributed by atoms with van der Waals surface area (Å²) in [7, 11) is 0. The van der Waals surface area contributed by atoms with Gasteiger partial charge in [-0.25, -0.2) is 4.98 Å². The van der Waals surface area contributed by atoms with Gasteiger partial charge in [-0.15, -0.1) is 11.3 Å². The minimum Gasteiger partial charge on any atom is -0.294 e. The summed E-state index contributed by atoms with van der Waals surface area (Å²) in [4.78, 5) is 19.6. The van der Waals surface area contributed by atoms with Crippen molar-refractivity contribution in [2.45, 2.75) is 64.7 Å². The zero-order valence-electron chi connectivity index (χ0n) is 16.0. The zero-order valence-corrected chi connectivity index (χ0v) is 16.8. The molecule has 136 valence electrons. The number of benzene rings is 1. The van der Waals surface area contributed by atoms with Gasteiger partial charge in [0.05, 0.1) is 16.6 Å². The van der Waals surface area contributed by atoms with E-state index in [2.05, 4.69) is 51.1 Å². The molecule has 0 bridgehead atoms. The van der Waals surface area contributed by atoms with Crippen LogP contribution in [0.5, 0.6) is 0 Å². The second-order valence-electron chi connectivity index (χ2n) is 7.89. The molecule has 0 saturated carbocycles. The summed E-state index contributed by atoms with van der Waals surface area (Å²) < 4.78 is 0. The van der Waals surface area contributed by atoms with Gasteiger partial charge in [0.1, 0.15) is 0 Å². The number of allylic oxidation sites excluding steroid dienone is 2. The molecule has 1 aromatic carbocycles. The molecule has 0 amide bonds. The Morgan fingerprint density at radius 2 is 1.77 bits per heavy atom. The van der Waals surface area contributed by atoms with Crippen molar-refractivity contribution in [3.8, 4) is 0 Å². The van der Waals surface area contributed by atoms with Crippen LogP contribution in [0.2, 0.25) is 0 Å². The van der Waals surface area contributed by atoms with Gasteiger partial charge in [0.25, 0.3) is 0 Å². The van der Waals surface area contributed by atoms with E-state index >= 15 is 0 Å². The van der Waals surface area contributed by atoms with E-state index in [1.165, 1.54) is 21.7 Å². The van der Waals surface area contributed by atoms with Crippen LogP contribution < -0.4 is 0 Å². The SMILES string of the molecule is CCC1(CC)CC(=O)C2=C(Cc3ncsc3C2(CC)c2ccccc2)C1. The summed E-state index contributed by atoms with van der Waals surface area (Å²) in [5.41, 5.74) is 6.68. The van der Waals surface area contributed by atoms with Gasteiger partial charge in [0.2, 0.25) is 0 Å².